The van der Waals surface area contributed by atoms with E-state index in [2.05, 4.69) is 30.2 Å². The molecule has 6 rings (SSSR count). The molecule has 1 amide bonds. The van der Waals surface area contributed by atoms with Crippen LogP contribution in [0.3, 0.4) is 0 Å². The summed E-state index contributed by atoms with van der Waals surface area (Å²) in [6.07, 6.45) is 4.32. The number of fused-ring (bicyclic) bond motifs is 2. The molecule has 0 unspecified atom stereocenters. The van der Waals surface area contributed by atoms with Crippen molar-refractivity contribution in [3.63, 3.8) is 0 Å². The molecule has 0 saturated carbocycles. The van der Waals surface area contributed by atoms with Gasteiger partial charge in [-0.05, 0) is 65.3 Å². The molecule has 10 nitrogen and oxygen atoms in total. The minimum absolute atomic E-state index is 0.0619. The van der Waals surface area contributed by atoms with Gasteiger partial charge in [0.2, 0.25) is 5.95 Å². The number of carbonyl (C=O) groups excluding carboxylic acids is 1. The molecule has 0 radical (unpaired) electrons. The predicted molar refractivity (Wildman–Crippen MR) is 159 cm³/mol. The van der Waals surface area contributed by atoms with Crippen molar-refractivity contribution in [2.45, 2.75) is 65.8 Å². The first-order chi connectivity index (χ1) is 20.4. The van der Waals surface area contributed by atoms with Gasteiger partial charge in [-0.25, -0.2) is 33.5 Å². The second-order valence-corrected chi connectivity index (χ2v) is 12.7. The minimum atomic E-state index is -0.572. The Hall–Kier alpha value is -4.19. The van der Waals surface area contributed by atoms with Gasteiger partial charge in [-0.3, -0.25) is 4.90 Å². The number of ether oxygens (including phenoxy) is 1. The maximum atomic E-state index is 15.0. The average molecular weight is 591 g/mol. The number of hydrogen-bond donors (Lipinski definition) is 1. The molecule has 12 heteroatoms. The number of benzene rings is 1. The molecule has 4 aromatic rings. The van der Waals surface area contributed by atoms with Crippen LogP contribution < -0.4 is 5.32 Å². The van der Waals surface area contributed by atoms with Crippen molar-refractivity contribution in [2.24, 2.45) is 5.92 Å². The monoisotopic (exact) mass is 590 g/mol. The molecule has 43 heavy (non-hydrogen) atoms. The first-order valence-corrected chi connectivity index (χ1v) is 14.5. The van der Waals surface area contributed by atoms with E-state index in [0.717, 1.165) is 24.8 Å². The van der Waals surface area contributed by atoms with E-state index >= 15 is 4.39 Å². The molecular formula is C31H36F2N8O2. The molecule has 0 bridgehead atoms. The Bertz CT molecular complexity index is 1680. The van der Waals surface area contributed by atoms with Crippen LogP contribution in [0, 0.1) is 24.5 Å². The number of carbonyl (C=O) groups is 1. The second kappa shape index (κ2) is 10.8. The third-order valence-electron chi connectivity index (χ3n) is 7.90. The lowest BCUT2D eigenvalue weighted by atomic mass is 9.93. The fourth-order valence-electron chi connectivity index (χ4n) is 6.06. The summed E-state index contributed by atoms with van der Waals surface area (Å²) in [6.45, 7) is 14.5. The number of anilines is 2. The number of imidazole rings is 1. The number of hydrogen-bond acceptors (Lipinski definition) is 8. The third kappa shape index (κ3) is 5.75. The maximum absolute atomic E-state index is 15.0. The smallest absolute Gasteiger partial charge is 0.410 e. The van der Waals surface area contributed by atoms with Gasteiger partial charge in [0.05, 0.1) is 17.8 Å². The first-order valence-electron chi connectivity index (χ1n) is 14.5. The fourth-order valence-corrected chi connectivity index (χ4v) is 6.06. The average Bonchev–Trinajstić information content (AvgIpc) is 3.41. The normalized spacial score (nSPS) is 18.7. The van der Waals surface area contributed by atoms with Crippen LogP contribution in [0.25, 0.3) is 22.2 Å². The number of amides is 1. The van der Waals surface area contributed by atoms with Crippen molar-refractivity contribution in [1.82, 2.24) is 34.3 Å². The summed E-state index contributed by atoms with van der Waals surface area (Å²) in [5.74, 6) is 0.690. The molecule has 2 atom stereocenters. The number of nitrogens with zero attached hydrogens (tertiary/aromatic N) is 7. The van der Waals surface area contributed by atoms with E-state index in [1.54, 1.807) is 18.5 Å². The number of halogens is 2. The van der Waals surface area contributed by atoms with Crippen LogP contribution in [0.5, 0.6) is 0 Å². The fraction of sp³-hybridized carbons (Fsp3) is 0.452. The number of aromatic nitrogens is 5. The van der Waals surface area contributed by atoms with Crippen molar-refractivity contribution in [2.75, 3.05) is 25.0 Å². The number of aryl methyl sites for hydroxylation is 1. The molecule has 1 aromatic carbocycles. The van der Waals surface area contributed by atoms with E-state index in [0.29, 0.717) is 47.7 Å². The van der Waals surface area contributed by atoms with Gasteiger partial charge >= 0.3 is 6.09 Å². The Morgan fingerprint density at radius 1 is 1.05 bits per heavy atom. The number of nitrogens with one attached hydrogen (secondary N) is 1. The van der Waals surface area contributed by atoms with Crippen LogP contribution in [0.15, 0.2) is 36.8 Å². The SMILES string of the molecule is Cc1nc2c(F)cc(-c3cc(Nc4ncc(CN5C[C@H]6CN(C(=O)OC(C)(C)C)[C@H]6C5)cn4)ncc3F)cc2n1C(C)C. The lowest BCUT2D eigenvalue weighted by molar-refractivity contribution is -0.0164. The molecular weight excluding hydrogens is 554 g/mol. The molecule has 0 spiro atoms. The summed E-state index contributed by atoms with van der Waals surface area (Å²) < 4.78 is 37.4. The van der Waals surface area contributed by atoms with Crippen LogP contribution in [-0.4, -0.2) is 71.7 Å². The molecule has 0 aliphatic carbocycles. The van der Waals surface area contributed by atoms with Crippen LogP contribution in [0.2, 0.25) is 0 Å². The number of likely N-dealkylation sites (tertiary alicyclic amines) is 2. The highest BCUT2D eigenvalue weighted by Gasteiger charge is 2.48. The zero-order valence-corrected chi connectivity index (χ0v) is 25.2. The van der Waals surface area contributed by atoms with Crippen LogP contribution >= 0.6 is 0 Å². The Balaban J connectivity index is 1.13. The first kappa shape index (κ1) is 28.9. The predicted octanol–water partition coefficient (Wildman–Crippen LogP) is 5.85. The Labute approximate surface area is 249 Å². The largest absolute Gasteiger partial charge is 0.444 e. The van der Waals surface area contributed by atoms with E-state index in [9.17, 15) is 9.18 Å². The van der Waals surface area contributed by atoms with E-state index in [-0.39, 0.29) is 29.3 Å². The Kier molecular flexibility index (Phi) is 7.27. The van der Waals surface area contributed by atoms with Gasteiger partial charge in [0.1, 0.15) is 28.6 Å². The van der Waals surface area contributed by atoms with Crippen molar-refractivity contribution >= 4 is 28.9 Å². The summed E-state index contributed by atoms with van der Waals surface area (Å²) in [7, 11) is 0. The number of pyridine rings is 1. The Morgan fingerprint density at radius 3 is 2.49 bits per heavy atom. The van der Waals surface area contributed by atoms with E-state index in [1.165, 1.54) is 12.1 Å². The molecule has 3 aromatic heterocycles. The van der Waals surface area contributed by atoms with Gasteiger partial charge in [0, 0.05) is 61.7 Å². The summed E-state index contributed by atoms with van der Waals surface area (Å²) in [6, 6.07) is 4.80. The van der Waals surface area contributed by atoms with E-state index in [1.807, 2.05) is 51.0 Å². The highest BCUT2D eigenvalue weighted by molar-refractivity contribution is 5.84. The summed E-state index contributed by atoms with van der Waals surface area (Å²) in [5, 5.41) is 3.03. The number of rotatable bonds is 6. The molecule has 2 aliphatic heterocycles. The lowest BCUT2D eigenvalue weighted by Gasteiger charge is -2.43. The van der Waals surface area contributed by atoms with Crippen LogP contribution in [0.4, 0.5) is 25.3 Å². The summed E-state index contributed by atoms with van der Waals surface area (Å²) in [5.41, 5.74) is 1.88. The van der Waals surface area contributed by atoms with Gasteiger partial charge in [-0.2, -0.15) is 0 Å². The van der Waals surface area contributed by atoms with Crippen LogP contribution in [-0.2, 0) is 11.3 Å². The van der Waals surface area contributed by atoms with Gasteiger partial charge in [0.15, 0.2) is 5.82 Å². The summed E-state index contributed by atoms with van der Waals surface area (Å²) in [4.78, 5) is 33.9. The third-order valence-corrected chi connectivity index (χ3v) is 7.90. The zero-order chi connectivity index (χ0) is 30.6. The molecule has 5 heterocycles. The summed E-state index contributed by atoms with van der Waals surface area (Å²) >= 11 is 0. The van der Waals surface area contributed by atoms with Crippen molar-refractivity contribution in [3.05, 3.63) is 59.8 Å². The van der Waals surface area contributed by atoms with Gasteiger partial charge < -0.3 is 19.5 Å². The zero-order valence-electron chi connectivity index (χ0n) is 25.2. The van der Waals surface area contributed by atoms with Crippen LogP contribution in [0.1, 0.15) is 52.0 Å². The standard InChI is InChI=1S/C31H36F2N8O2/c1-17(2)41-18(3)37-28-23(32)7-20(8-25(28)41)22-9-27(34-12-24(22)33)38-29-35-10-19(11-36-29)13-39-14-21-15-40(26(21)16-39)30(42)43-31(4,5)6/h7-12,17,21,26H,13-16H2,1-6H3,(H,34,35,36,38)/t21-,26-/m0/s1. The van der Waals surface area contributed by atoms with Crippen molar-refractivity contribution < 1.29 is 18.3 Å². The second-order valence-electron chi connectivity index (χ2n) is 12.7. The van der Waals surface area contributed by atoms with E-state index in [4.69, 9.17) is 4.74 Å². The molecule has 2 fully saturated rings. The minimum Gasteiger partial charge on any atom is -0.444 e. The maximum Gasteiger partial charge on any atom is 0.410 e. The highest BCUT2D eigenvalue weighted by Crippen LogP contribution is 2.35. The van der Waals surface area contributed by atoms with E-state index < -0.39 is 17.2 Å². The van der Waals surface area contributed by atoms with Gasteiger partial charge in [-0.15, -0.1) is 0 Å². The van der Waals surface area contributed by atoms with Crippen molar-refractivity contribution in [1.29, 1.82) is 0 Å². The van der Waals surface area contributed by atoms with Crippen molar-refractivity contribution in [3.8, 4) is 11.1 Å². The molecule has 1 N–H and O–H groups in total. The molecule has 2 aliphatic rings. The molecule has 226 valence electrons. The van der Waals surface area contributed by atoms with Gasteiger partial charge in [-0.1, -0.05) is 0 Å². The lowest BCUT2D eigenvalue weighted by Crippen LogP contribution is -2.59. The van der Waals surface area contributed by atoms with Gasteiger partial charge in [0.25, 0.3) is 0 Å². The Morgan fingerprint density at radius 2 is 1.79 bits per heavy atom. The topological polar surface area (TPSA) is 101 Å². The molecule has 2 saturated heterocycles. The highest BCUT2D eigenvalue weighted by atomic mass is 19.1. The quantitative estimate of drug-likeness (QED) is 0.299.